The summed E-state index contributed by atoms with van der Waals surface area (Å²) in [7, 11) is 1.70. The first-order chi connectivity index (χ1) is 8.61. The second-order valence-corrected chi connectivity index (χ2v) is 5.31. The maximum absolute atomic E-state index is 12.3. The highest BCUT2D eigenvalue weighted by Gasteiger charge is 2.26. The Bertz CT molecular complexity index is 712. The van der Waals surface area contributed by atoms with E-state index in [0.29, 0.717) is 11.4 Å². The van der Waals surface area contributed by atoms with E-state index in [2.05, 4.69) is 0 Å². The van der Waals surface area contributed by atoms with Crippen molar-refractivity contribution >= 4 is 17.5 Å². The predicted octanol–water partition coefficient (Wildman–Crippen LogP) is 1.77. The van der Waals surface area contributed by atoms with E-state index in [1.54, 1.807) is 7.05 Å². The van der Waals surface area contributed by atoms with Crippen LogP contribution in [0.5, 0.6) is 0 Å². The summed E-state index contributed by atoms with van der Waals surface area (Å²) in [6.45, 7) is 1.81. The summed E-state index contributed by atoms with van der Waals surface area (Å²) in [6.07, 6.45) is 0. The number of rotatable bonds is 0. The Morgan fingerprint density at radius 2 is 1.94 bits per heavy atom. The van der Waals surface area contributed by atoms with E-state index in [1.807, 2.05) is 31.2 Å². The van der Waals surface area contributed by atoms with Gasteiger partial charge in [0.15, 0.2) is 5.78 Å². The van der Waals surface area contributed by atoms with Crippen LogP contribution < -0.4 is 5.69 Å². The van der Waals surface area contributed by atoms with Crippen molar-refractivity contribution in [1.82, 2.24) is 9.13 Å². The number of ketones is 1. The molecule has 1 aliphatic rings. The van der Waals surface area contributed by atoms with Gasteiger partial charge in [0.1, 0.15) is 5.69 Å². The third kappa shape index (κ3) is 1.40. The Morgan fingerprint density at radius 3 is 2.72 bits per heavy atom. The van der Waals surface area contributed by atoms with Gasteiger partial charge in [-0.1, -0.05) is 12.1 Å². The number of fused-ring (bicyclic) bond motifs is 3. The zero-order chi connectivity index (χ0) is 12.9. The van der Waals surface area contributed by atoms with Gasteiger partial charge in [-0.15, -0.1) is 11.8 Å². The number of hydrogen-bond acceptors (Lipinski definition) is 3. The number of para-hydroxylation sites is 1. The fourth-order valence-corrected chi connectivity index (χ4v) is 3.14. The van der Waals surface area contributed by atoms with Crippen LogP contribution in [0.2, 0.25) is 0 Å². The first-order valence-corrected chi connectivity index (χ1v) is 6.63. The van der Waals surface area contributed by atoms with Gasteiger partial charge in [-0.25, -0.2) is 4.79 Å². The summed E-state index contributed by atoms with van der Waals surface area (Å²) in [4.78, 5) is 25.4. The molecule has 0 saturated heterocycles. The molecule has 0 fully saturated rings. The van der Waals surface area contributed by atoms with Crippen LogP contribution in [0, 0.1) is 6.92 Å². The van der Waals surface area contributed by atoms with Crippen LogP contribution in [-0.4, -0.2) is 20.7 Å². The molecule has 4 nitrogen and oxygen atoms in total. The minimum atomic E-state index is -0.161. The van der Waals surface area contributed by atoms with Gasteiger partial charge in [0.25, 0.3) is 0 Å². The summed E-state index contributed by atoms with van der Waals surface area (Å²) >= 11 is 1.48. The second-order valence-electron chi connectivity index (χ2n) is 4.29. The van der Waals surface area contributed by atoms with Crippen molar-refractivity contribution in [2.75, 3.05) is 5.75 Å². The maximum Gasteiger partial charge on any atom is 0.333 e. The third-order valence-electron chi connectivity index (χ3n) is 3.28. The Balaban J connectivity index is 2.46. The van der Waals surface area contributed by atoms with Gasteiger partial charge in [-0.3, -0.25) is 13.9 Å². The van der Waals surface area contributed by atoms with Crippen molar-refractivity contribution in [3.05, 3.63) is 46.1 Å². The molecule has 5 heteroatoms. The molecule has 0 spiro atoms. The number of carbonyl (C=O) groups is 1. The van der Waals surface area contributed by atoms with Gasteiger partial charge in [0, 0.05) is 17.6 Å². The molecule has 1 aromatic heterocycles. The van der Waals surface area contributed by atoms with Gasteiger partial charge < -0.3 is 0 Å². The molecule has 18 heavy (non-hydrogen) atoms. The van der Waals surface area contributed by atoms with Gasteiger partial charge in [-0.2, -0.15) is 0 Å². The lowest BCUT2D eigenvalue weighted by molar-refractivity contribution is 0.101. The first kappa shape index (κ1) is 11.3. The van der Waals surface area contributed by atoms with Crippen molar-refractivity contribution in [2.45, 2.75) is 11.8 Å². The number of thioether (sulfide) groups is 1. The first-order valence-electron chi connectivity index (χ1n) is 5.65. The second kappa shape index (κ2) is 3.88. The molecule has 1 aliphatic heterocycles. The number of benzene rings is 1. The Labute approximate surface area is 108 Å². The zero-order valence-electron chi connectivity index (χ0n) is 10.1. The van der Waals surface area contributed by atoms with Crippen molar-refractivity contribution in [2.24, 2.45) is 7.05 Å². The van der Waals surface area contributed by atoms with Gasteiger partial charge in [0.05, 0.1) is 11.4 Å². The molecule has 0 saturated carbocycles. The van der Waals surface area contributed by atoms with Crippen molar-refractivity contribution < 1.29 is 4.79 Å². The fraction of sp³-hybridized carbons (Fsp3) is 0.231. The van der Waals surface area contributed by atoms with Crippen molar-refractivity contribution in [3.8, 4) is 5.69 Å². The lowest BCUT2D eigenvalue weighted by Crippen LogP contribution is -2.22. The molecule has 2 heterocycles. The lowest BCUT2D eigenvalue weighted by Gasteiger charge is -2.05. The molecule has 0 unspecified atom stereocenters. The standard InChI is InChI=1S/C13H12N2O2S/c1-8-12-10(16)7-18-11-6-4-3-5-9(11)15(12)13(17)14(8)2/h3-6H,7H2,1-2H3. The zero-order valence-corrected chi connectivity index (χ0v) is 11.0. The highest BCUT2D eigenvalue weighted by Crippen LogP contribution is 2.30. The van der Waals surface area contributed by atoms with Gasteiger partial charge >= 0.3 is 5.69 Å². The SMILES string of the molecule is Cc1c2n(c(=O)n1C)-c1ccccc1SCC2=O. The molecule has 0 N–H and O–H groups in total. The molecule has 0 amide bonds. The monoisotopic (exact) mass is 260 g/mol. The highest BCUT2D eigenvalue weighted by atomic mass is 32.2. The van der Waals surface area contributed by atoms with E-state index in [4.69, 9.17) is 0 Å². The minimum absolute atomic E-state index is 0.00593. The highest BCUT2D eigenvalue weighted by molar-refractivity contribution is 8.00. The average Bonchev–Trinajstić information content (AvgIpc) is 2.53. The summed E-state index contributed by atoms with van der Waals surface area (Å²) in [5.74, 6) is 0.382. The number of aromatic nitrogens is 2. The maximum atomic E-state index is 12.3. The molecule has 0 atom stereocenters. The molecule has 3 rings (SSSR count). The normalized spacial score (nSPS) is 14.0. The van der Waals surface area contributed by atoms with E-state index in [0.717, 1.165) is 16.3 Å². The molecule has 0 bridgehead atoms. The summed E-state index contributed by atoms with van der Waals surface area (Å²) in [5, 5.41) is 0. The van der Waals surface area contributed by atoms with Crippen molar-refractivity contribution in [3.63, 3.8) is 0 Å². The minimum Gasteiger partial charge on any atom is -0.299 e. The molecule has 92 valence electrons. The summed E-state index contributed by atoms with van der Waals surface area (Å²) in [6, 6.07) is 7.62. The van der Waals surface area contributed by atoms with Crippen LogP contribution >= 0.6 is 11.8 Å². The number of imidazole rings is 1. The smallest absolute Gasteiger partial charge is 0.299 e. The fourth-order valence-electron chi connectivity index (χ4n) is 2.24. The lowest BCUT2D eigenvalue weighted by atomic mass is 10.2. The van der Waals surface area contributed by atoms with E-state index in [1.165, 1.54) is 20.9 Å². The quantitative estimate of drug-likeness (QED) is 0.725. The Kier molecular flexibility index (Phi) is 2.45. The van der Waals surface area contributed by atoms with E-state index in [9.17, 15) is 9.59 Å². The molecule has 2 aromatic rings. The Morgan fingerprint density at radius 1 is 1.22 bits per heavy atom. The number of carbonyl (C=O) groups excluding carboxylic acids is 1. The van der Waals surface area contributed by atoms with E-state index in [-0.39, 0.29) is 11.5 Å². The van der Waals surface area contributed by atoms with Crippen LogP contribution in [0.1, 0.15) is 16.2 Å². The van der Waals surface area contributed by atoms with Crippen LogP contribution in [0.15, 0.2) is 34.0 Å². The third-order valence-corrected chi connectivity index (χ3v) is 4.34. The van der Waals surface area contributed by atoms with E-state index < -0.39 is 0 Å². The molecular weight excluding hydrogens is 248 g/mol. The van der Waals surface area contributed by atoms with Crippen LogP contribution in [0.3, 0.4) is 0 Å². The topological polar surface area (TPSA) is 44.0 Å². The Hall–Kier alpha value is -1.75. The van der Waals surface area contributed by atoms with Gasteiger partial charge in [0.2, 0.25) is 0 Å². The van der Waals surface area contributed by atoms with Crippen molar-refractivity contribution in [1.29, 1.82) is 0 Å². The van der Waals surface area contributed by atoms with Gasteiger partial charge in [-0.05, 0) is 19.1 Å². The van der Waals surface area contributed by atoms with Crippen LogP contribution in [0.4, 0.5) is 0 Å². The average molecular weight is 260 g/mol. The summed E-state index contributed by atoms with van der Waals surface area (Å²) < 4.78 is 3.06. The molecule has 1 aromatic carbocycles. The number of Topliss-reactive ketones (excluding diaryl/α,β-unsaturated/α-hetero) is 1. The molecule has 0 radical (unpaired) electrons. The largest absolute Gasteiger partial charge is 0.333 e. The molecule has 0 aliphatic carbocycles. The number of hydrogen-bond donors (Lipinski definition) is 0. The predicted molar refractivity (Wildman–Crippen MR) is 70.8 cm³/mol. The van der Waals surface area contributed by atoms with Crippen LogP contribution in [-0.2, 0) is 7.05 Å². The van der Waals surface area contributed by atoms with Crippen LogP contribution in [0.25, 0.3) is 5.69 Å². The molecular formula is C13H12N2O2S. The number of nitrogens with zero attached hydrogens (tertiary/aromatic N) is 2. The summed E-state index contributed by atoms with van der Waals surface area (Å²) in [5.41, 5.74) is 1.88. The van der Waals surface area contributed by atoms with E-state index >= 15 is 0 Å².